The Bertz CT molecular complexity index is 831. The number of hydrogen-bond donors (Lipinski definition) is 2. The fourth-order valence-electron chi connectivity index (χ4n) is 3.03. The number of benzene rings is 1. The van der Waals surface area contributed by atoms with Gasteiger partial charge in [0.25, 0.3) is 0 Å². The Morgan fingerprint density at radius 3 is 2.42 bits per heavy atom. The van der Waals surface area contributed by atoms with Crippen molar-refractivity contribution < 1.29 is 17.9 Å². The van der Waals surface area contributed by atoms with Gasteiger partial charge < -0.3 is 15.4 Å². The average Bonchev–Trinajstić information content (AvgIpc) is 3.00. The van der Waals surface area contributed by atoms with Crippen LogP contribution in [-0.2, 0) is 24.4 Å². The first-order valence-corrected chi connectivity index (χ1v) is 10.4. The first-order chi connectivity index (χ1) is 14.7. The lowest BCUT2D eigenvalue weighted by atomic mass is 10.1. The molecule has 1 aromatic heterocycles. The zero-order chi connectivity index (χ0) is 22.9. The third-order valence-electron chi connectivity index (χ3n) is 4.53. The molecule has 6 nitrogen and oxygen atoms in total. The highest BCUT2D eigenvalue weighted by molar-refractivity contribution is 5.79. The van der Waals surface area contributed by atoms with Crippen LogP contribution in [0.2, 0.25) is 0 Å². The molecule has 2 N–H and O–H groups in total. The summed E-state index contributed by atoms with van der Waals surface area (Å²) in [6.45, 7) is 9.68. The second-order valence-electron chi connectivity index (χ2n) is 7.71. The van der Waals surface area contributed by atoms with Crippen LogP contribution < -0.4 is 10.6 Å². The molecule has 0 radical (unpaired) electrons. The monoisotopic (exact) mass is 439 g/mol. The van der Waals surface area contributed by atoms with Crippen LogP contribution in [0.1, 0.15) is 36.4 Å². The van der Waals surface area contributed by atoms with Crippen LogP contribution in [0.5, 0.6) is 0 Å². The van der Waals surface area contributed by atoms with Crippen molar-refractivity contribution in [2.75, 3.05) is 19.7 Å². The van der Waals surface area contributed by atoms with E-state index in [2.05, 4.69) is 45.4 Å². The van der Waals surface area contributed by atoms with Crippen molar-refractivity contribution >= 4 is 5.96 Å². The van der Waals surface area contributed by atoms with E-state index in [0.717, 1.165) is 42.5 Å². The van der Waals surface area contributed by atoms with Gasteiger partial charge in [0.1, 0.15) is 6.61 Å². The zero-order valence-electron chi connectivity index (χ0n) is 18.6. The molecule has 9 heteroatoms. The Hall–Kier alpha value is -2.55. The van der Waals surface area contributed by atoms with Gasteiger partial charge in [-0.25, -0.2) is 4.99 Å². The summed E-state index contributed by atoms with van der Waals surface area (Å²) in [4.78, 5) is 4.60. The summed E-state index contributed by atoms with van der Waals surface area (Å²) in [5.74, 6) is 1.08. The van der Waals surface area contributed by atoms with Gasteiger partial charge in [0, 0.05) is 25.3 Å². The first-order valence-electron chi connectivity index (χ1n) is 10.4. The topological polar surface area (TPSA) is 63.5 Å². The third kappa shape index (κ3) is 9.42. The van der Waals surface area contributed by atoms with E-state index in [0.29, 0.717) is 18.0 Å². The van der Waals surface area contributed by atoms with Crippen molar-refractivity contribution in [3.8, 4) is 0 Å². The van der Waals surface area contributed by atoms with Crippen molar-refractivity contribution in [3.05, 3.63) is 52.8 Å². The number of aromatic nitrogens is 2. The molecular formula is C22H32F3N5O. The maximum Gasteiger partial charge on any atom is 0.411 e. The molecule has 0 saturated heterocycles. The number of guanidine groups is 1. The fraction of sp³-hybridized carbons (Fsp3) is 0.545. The molecule has 2 rings (SSSR count). The molecule has 1 unspecified atom stereocenters. The Labute approximate surface area is 181 Å². The summed E-state index contributed by atoms with van der Waals surface area (Å²) in [7, 11) is 0. The number of aryl methyl sites for hydroxylation is 2. The number of alkyl halides is 3. The number of rotatable bonds is 10. The van der Waals surface area contributed by atoms with E-state index in [1.807, 2.05) is 30.7 Å². The highest BCUT2D eigenvalue weighted by atomic mass is 19.4. The molecule has 1 heterocycles. The molecule has 0 bridgehead atoms. The van der Waals surface area contributed by atoms with Gasteiger partial charge in [0.2, 0.25) is 0 Å². The molecule has 0 aliphatic carbocycles. The number of nitrogens with one attached hydrogen (secondary N) is 2. The molecule has 0 aliphatic heterocycles. The van der Waals surface area contributed by atoms with Crippen molar-refractivity contribution in [1.29, 1.82) is 0 Å². The predicted molar refractivity (Wildman–Crippen MR) is 116 cm³/mol. The quantitative estimate of drug-likeness (QED) is 0.434. The SMILES string of the molecule is CCNC(=NCc1ccc(COCC(F)(F)F)cc1)NCC(C)Cn1nc(C)cc1C. The van der Waals surface area contributed by atoms with Crippen LogP contribution in [0, 0.1) is 19.8 Å². The molecule has 1 atom stereocenters. The van der Waals surface area contributed by atoms with Gasteiger partial charge in [-0.15, -0.1) is 0 Å². The van der Waals surface area contributed by atoms with Crippen LogP contribution in [-0.4, -0.2) is 41.6 Å². The van der Waals surface area contributed by atoms with Gasteiger partial charge in [-0.05, 0) is 43.9 Å². The molecular weight excluding hydrogens is 407 g/mol. The largest absolute Gasteiger partial charge is 0.411 e. The summed E-state index contributed by atoms with van der Waals surface area (Å²) in [6, 6.07) is 9.30. The zero-order valence-corrected chi connectivity index (χ0v) is 18.6. The van der Waals surface area contributed by atoms with Gasteiger partial charge in [-0.1, -0.05) is 31.2 Å². The summed E-state index contributed by atoms with van der Waals surface area (Å²) < 4.78 is 43.1. The maximum atomic E-state index is 12.1. The van der Waals surface area contributed by atoms with E-state index < -0.39 is 12.8 Å². The Kier molecular flexibility index (Phi) is 9.36. The highest BCUT2D eigenvalue weighted by Gasteiger charge is 2.27. The van der Waals surface area contributed by atoms with Crippen LogP contribution in [0.15, 0.2) is 35.3 Å². The van der Waals surface area contributed by atoms with Crippen molar-refractivity contribution in [2.24, 2.45) is 10.9 Å². The van der Waals surface area contributed by atoms with E-state index in [-0.39, 0.29) is 6.61 Å². The van der Waals surface area contributed by atoms with E-state index in [4.69, 9.17) is 0 Å². The number of aliphatic imine (C=N–C) groups is 1. The smallest absolute Gasteiger partial charge is 0.367 e. The number of ether oxygens (including phenoxy) is 1. The van der Waals surface area contributed by atoms with Gasteiger partial charge in [0.15, 0.2) is 5.96 Å². The molecule has 0 amide bonds. The van der Waals surface area contributed by atoms with Crippen LogP contribution in [0.25, 0.3) is 0 Å². The molecule has 2 aromatic rings. The minimum atomic E-state index is -4.31. The summed E-state index contributed by atoms with van der Waals surface area (Å²) in [6.07, 6.45) is -4.31. The highest BCUT2D eigenvalue weighted by Crippen LogP contribution is 2.16. The Morgan fingerprint density at radius 1 is 1.16 bits per heavy atom. The minimum absolute atomic E-state index is 0.0691. The van der Waals surface area contributed by atoms with Gasteiger partial charge >= 0.3 is 6.18 Å². The molecule has 0 fully saturated rings. The van der Waals surface area contributed by atoms with E-state index in [1.54, 1.807) is 12.1 Å². The second kappa shape index (κ2) is 11.7. The normalized spacial score (nSPS) is 13.3. The van der Waals surface area contributed by atoms with Crippen LogP contribution >= 0.6 is 0 Å². The van der Waals surface area contributed by atoms with Crippen molar-refractivity contribution in [3.63, 3.8) is 0 Å². The van der Waals surface area contributed by atoms with E-state index in [1.165, 1.54) is 0 Å². The van der Waals surface area contributed by atoms with Crippen molar-refractivity contribution in [1.82, 2.24) is 20.4 Å². The first kappa shape index (κ1) is 24.7. The van der Waals surface area contributed by atoms with Gasteiger partial charge in [-0.2, -0.15) is 18.3 Å². The second-order valence-corrected chi connectivity index (χ2v) is 7.71. The standard InChI is InChI=1S/C22H32F3N5O/c1-5-26-21(27-11-16(2)13-30-18(4)10-17(3)29-30)28-12-19-6-8-20(9-7-19)14-31-15-22(23,24)25/h6-10,16H,5,11-15H2,1-4H3,(H2,26,27,28). The Morgan fingerprint density at radius 2 is 1.84 bits per heavy atom. The van der Waals surface area contributed by atoms with Gasteiger partial charge in [-0.3, -0.25) is 4.68 Å². The minimum Gasteiger partial charge on any atom is -0.367 e. The van der Waals surface area contributed by atoms with Crippen molar-refractivity contribution in [2.45, 2.75) is 53.6 Å². The average molecular weight is 440 g/mol. The van der Waals surface area contributed by atoms with Crippen LogP contribution in [0.4, 0.5) is 13.2 Å². The molecule has 0 spiro atoms. The molecule has 1 aromatic carbocycles. The number of nitrogens with zero attached hydrogens (tertiary/aromatic N) is 3. The number of hydrogen-bond acceptors (Lipinski definition) is 3. The molecule has 0 aliphatic rings. The Balaban J connectivity index is 1.83. The molecule has 172 valence electrons. The third-order valence-corrected chi connectivity index (χ3v) is 4.53. The summed E-state index contributed by atoms with van der Waals surface area (Å²) >= 11 is 0. The van der Waals surface area contributed by atoms with Gasteiger partial charge in [0.05, 0.1) is 18.8 Å². The molecule has 0 saturated carbocycles. The summed E-state index contributed by atoms with van der Waals surface area (Å²) in [5.41, 5.74) is 3.83. The number of halogens is 3. The summed E-state index contributed by atoms with van der Waals surface area (Å²) in [5, 5.41) is 11.1. The molecule has 31 heavy (non-hydrogen) atoms. The van der Waals surface area contributed by atoms with Crippen LogP contribution in [0.3, 0.4) is 0 Å². The fourth-order valence-corrected chi connectivity index (χ4v) is 3.03. The lowest BCUT2D eigenvalue weighted by Crippen LogP contribution is -2.40. The van der Waals surface area contributed by atoms with E-state index >= 15 is 0 Å². The van der Waals surface area contributed by atoms with E-state index in [9.17, 15) is 13.2 Å². The predicted octanol–water partition coefficient (Wildman–Crippen LogP) is 3.97. The lowest BCUT2D eigenvalue weighted by Gasteiger charge is -2.17. The maximum absolute atomic E-state index is 12.1. The lowest BCUT2D eigenvalue weighted by molar-refractivity contribution is -0.176.